The van der Waals surface area contributed by atoms with E-state index in [1.165, 1.54) is 29.8 Å². The maximum atomic E-state index is 3.67. The summed E-state index contributed by atoms with van der Waals surface area (Å²) in [5.74, 6) is 0. The molecule has 0 spiro atoms. The van der Waals surface area contributed by atoms with Gasteiger partial charge in [0.05, 0.1) is 0 Å². The third kappa shape index (κ3) is 3.85. The van der Waals surface area contributed by atoms with Gasteiger partial charge in [0, 0.05) is 31.4 Å². The van der Waals surface area contributed by atoms with Crippen LogP contribution in [0.25, 0.3) is 0 Å². The normalized spacial score (nSPS) is 18.8. The first-order chi connectivity index (χ1) is 10.3. The van der Waals surface area contributed by atoms with Crippen molar-refractivity contribution >= 4 is 5.69 Å². The molecule has 1 aliphatic rings. The summed E-state index contributed by atoms with van der Waals surface area (Å²) in [6.07, 6.45) is 2.33. The van der Waals surface area contributed by atoms with E-state index in [4.69, 9.17) is 0 Å². The summed E-state index contributed by atoms with van der Waals surface area (Å²) in [5, 5.41) is 3.67. The van der Waals surface area contributed by atoms with Crippen LogP contribution < -0.4 is 5.32 Å². The molecule has 110 valence electrons. The fourth-order valence-electron chi connectivity index (χ4n) is 3.01. The summed E-state index contributed by atoms with van der Waals surface area (Å²) in [4.78, 5) is 2.54. The number of hydrogen-bond donors (Lipinski definition) is 1. The maximum Gasteiger partial charge on any atom is 0.0400 e. The molecule has 1 N–H and O–H groups in total. The SMILES string of the molecule is CCc1ccc(NC2CCN(Cc3ccccc3)C2)cc1. The van der Waals surface area contributed by atoms with Gasteiger partial charge in [-0.05, 0) is 36.1 Å². The van der Waals surface area contributed by atoms with Gasteiger partial charge in [-0.2, -0.15) is 0 Å². The Morgan fingerprint density at radius 2 is 1.76 bits per heavy atom. The fraction of sp³-hybridized carbons (Fsp3) is 0.368. The Balaban J connectivity index is 1.52. The van der Waals surface area contributed by atoms with Gasteiger partial charge >= 0.3 is 0 Å². The van der Waals surface area contributed by atoms with E-state index in [2.05, 4.69) is 71.7 Å². The summed E-state index contributed by atoms with van der Waals surface area (Å²) in [6, 6.07) is 20.2. The average molecular weight is 280 g/mol. The van der Waals surface area contributed by atoms with Crippen molar-refractivity contribution in [2.45, 2.75) is 32.4 Å². The molecule has 3 rings (SSSR count). The second-order valence-electron chi connectivity index (χ2n) is 5.90. The van der Waals surface area contributed by atoms with Gasteiger partial charge in [-0.3, -0.25) is 4.90 Å². The van der Waals surface area contributed by atoms with Crippen molar-refractivity contribution < 1.29 is 0 Å². The van der Waals surface area contributed by atoms with Crippen LogP contribution >= 0.6 is 0 Å². The first kappa shape index (κ1) is 14.2. The van der Waals surface area contributed by atoms with Crippen molar-refractivity contribution in [3.63, 3.8) is 0 Å². The van der Waals surface area contributed by atoms with Gasteiger partial charge in [0.15, 0.2) is 0 Å². The number of aryl methyl sites for hydroxylation is 1. The van der Waals surface area contributed by atoms with Crippen LogP contribution in [0.2, 0.25) is 0 Å². The molecular formula is C19H24N2. The minimum Gasteiger partial charge on any atom is -0.381 e. The second-order valence-corrected chi connectivity index (χ2v) is 5.90. The molecule has 2 aromatic rings. The lowest BCUT2D eigenvalue weighted by molar-refractivity contribution is 0.328. The standard InChI is InChI=1S/C19H24N2/c1-2-16-8-10-18(11-9-16)20-19-12-13-21(15-19)14-17-6-4-3-5-7-17/h3-11,19-20H,2,12-15H2,1H3. The van der Waals surface area contributed by atoms with Crippen LogP contribution in [0.3, 0.4) is 0 Å². The van der Waals surface area contributed by atoms with Crippen LogP contribution in [0.15, 0.2) is 54.6 Å². The Bertz CT molecular complexity index is 548. The van der Waals surface area contributed by atoms with Gasteiger partial charge in [-0.1, -0.05) is 49.4 Å². The second kappa shape index (κ2) is 6.77. The fourth-order valence-corrected chi connectivity index (χ4v) is 3.01. The molecule has 2 aromatic carbocycles. The Morgan fingerprint density at radius 1 is 1.00 bits per heavy atom. The van der Waals surface area contributed by atoms with Crippen LogP contribution in [0.4, 0.5) is 5.69 Å². The molecule has 2 nitrogen and oxygen atoms in total. The molecular weight excluding hydrogens is 256 g/mol. The number of nitrogens with zero attached hydrogens (tertiary/aromatic N) is 1. The van der Waals surface area contributed by atoms with Crippen molar-refractivity contribution in [3.8, 4) is 0 Å². The molecule has 0 aromatic heterocycles. The monoisotopic (exact) mass is 280 g/mol. The topological polar surface area (TPSA) is 15.3 Å². The zero-order chi connectivity index (χ0) is 14.5. The summed E-state index contributed by atoms with van der Waals surface area (Å²) in [6.45, 7) is 5.57. The molecule has 1 unspecified atom stereocenters. The van der Waals surface area contributed by atoms with Crippen molar-refractivity contribution in [3.05, 3.63) is 65.7 Å². The molecule has 0 bridgehead atoms. The number of rotatable bonds is 5. The summed E-state index contributed by atoms with van der Waals surface area (Å²) < 4.78 is 0. The van der Waals surface area contributed by atoms with E-state index in [-0.39, 0.29) is 0 Å². The minimum atomic E-state index is 0.571. The van der Waals surface area contributed by atoms with Crippen molar-refractivity contribution in [2.24, 2.45) is 0 Å². The molecule has 1 saturated heterocycles. The first-order valence-corrected chi connectivity index (χ1v) is 7.95. The third-order valence-corrected chi connectivity index (χ3v) is 4.25. The predicted molar refractivity (Wildman–Crippen MR) is 89.6 cm³/mol. The highest BCUT2D eigenvalue weighted by molar-refractivity contribution is 5.45. The number of nitrogens with one attached hydrogen (secondary N) is 1. The van der Waals surface area contributed by atoms with Crippen molar-refractivity contribution in [1.29, 1.82) is 0 Å². The van der Waals surface area contributed by atoms with Gasteiger partial charge in [-0.25, -0.2) is 0 Å². The molecule has 1 fully saturated rings. The maximum absolute atomic E-state index is 3.67. The Kier molecular flexibility index (Phi) is 4.56. The number of anilines is 1. The smallest absolute Gasteiger partial charge is 0.0400 e. The molecule has 1 heterocycles. The number of hydrogen-bond acceptors (Lipinski definition) is 2. The highest BCUT2D eigenvalue weighted by atomic mass is 15.2. The molecule has 1 aliphatic heterocycles. The van der Waals surface area contributed by atoms with Crippen molar-refractivity contribution in [1.82, 2.24) is 4.90 Å². The van der Waals surface area contributed by atoms with E-state index in [0.29, 0.717) is 6.04 Å². The number of benzene rings is 2. The number of likely N-dealkylation sites (tertiary alicyclic amines) is 1. The summed E-state index contributed by atoms with van der Waals surface area (Å²) in [7, 11) is 0. The van der Waals surface area contributed by atoms with Crippen molar-refractivity contribution in [2.75, 3.05) is 18.4 Å². The Labute approximate surface area is 127 Å². The lowest BCUT2D eigenvalue weighted by atomic mass is 10.1. The Morgan fingerprint density at radius 3 is 2.48 bits per heavy atom. The lowest BCUT2D eigenvalue weighted by Crippen LogP contribution is -2.25. The van der Waals surface area contributed by atoms with Gasteiger partial charge in [0.1, 0.15) is 0 Å². The molecule has 21 heavy (non-hydrogen) atoms. The molecule has 0 saturated carbocycles. The molecule has 0 aliphatic carbocycles. The zero-order valence-corrected chi connectivity index (χ0v) is 12.8. The summed E-state index contributed by atoms with van der Waals surface area (Å²) >= 11 is 0. The van der Waals surface area contributed by atoms with Gasteiger partial charge in [0.2, 0.25) is 0 Å². The third-order valence-electron chi connectivity index (χ3n) is 4.25. The van der Waals surface area contributed by atoms with Crippen LogP contribution in [-0.4, -0.2) is 24.0 Å². The van der Waals surface area contributed by atoms with Gasteiger partial charge in [0.25, 0.3) is 0 Å². The average Bonchev–Trinajstić information content (AvgIpc) is 2.96. The minimum absolute atomic E-state index is 0.571. The van der Waals surface area contributed by atoms with Gasteiger partial charge in [-0.15, -0.1) is 0 Å². The van der Waals surface area contributed by atoms with Crippen LogP contribution in [-0.2, 0) is 13.0 Å². The van der Waals surface area contributed by atoms with E-state index in [9.17, 15) is 0 Å². The van der Waals surface area contributed by atoms with E-state index in [1.54, 1.807) is 0 Å². The van der Waals surface area contributed by atoms with E-state index in [0.717, 1.165) is 19.5 Å². The molecule has 0 amide bonds. The van der Waals surface area contributed by atoms with Gasteiger partial charge < -0.3 is 5.32 Å². The van der Waals surface area contributed by atoms with E-state index < -0.39 is 0 Å². The first-order valence-electron chi connectivity index (χ1n) is 7.95. The quantitative estimate of drug-likeness (QED) is 0.892. The highest BCUT2D eigenvalue weighted by Gasteiger charge is 2.22. The Hall–Kier alpha value is -1.80. The largest absolute Gasteiger partial charge is 0.381 e. The lowest BCUT2D eigenvalue weighted by Gasteiger charge is -2.17. The van der Waals surface area contributed by atoms with Crippen LogP contribution in [0.5, 0.6) is 0 Å². The molecule has 2 heteroatoms. The van der Waals surface area contributed by atoms with Crippen LogP contribution in [0.1, 0.15) is 24.5 Å². The zero-order valence-electron chi connectivity index (χ0n) is 12.8. The molecule has 0 radical (unpaired) electrons. The predicted octanol–water partition coefficient (Wildman–Crippen LogP) is 3.94. The molecule has 1 atom stereocenters. The van der Waals surface area contributed by atoms with E-state index in [1.807, 2.05) is 0 Å². The summed E-state index contributed by atoms with van der Waals surface area (Å²) in [5.41, 5.74) is 4.06. The van der Waals surface area contributed by atoms with E-state index >= 15 is 0 Å². The van der Waals surface area contributed by atoms with Crippen LogP contribution in [0, 0.1) is 0 Å². The highest BCUT2D eigenvalue weighted by Crippen LogP contribution is 2.18.